The van der Waals surface area contributed by atoms with Gasteiger partial charge >= 0.3 is 0 Å². The molecule has 0 bridgehead atoms. The molecule has 1 aromatic heterocycles. The first-order valence-electron chi connectivity index (χ1n) is 6.32. The number of anilines is 1. The van der Waals surface area contributed by atoms with Crippen LogP contribution in [-0.2, 0) is 6.54 Å². The van der Waals surface area contributed by atoms with Gasteiger partial charge in [0.05, 0.1) is 11.8 Å². The van der Waals surface area contributed by atoms with Crippen molar-refractivity contribution in [1.29, 1.82) is 0 Å². The van der Waals surface area contributed by atoms with Crippen molar-refractivity contribution in [3.8, 4) is 0 Å². The van der Waals surface area contributed by atoms with E-state index >= 15 is 0 Å². The highest BCUT2D eigenvalue weighted by Gasteiger charge is 2.12. The van der Waals surface area contributed by atoms with E-state index in [0.29, 0.717) is 5.56 Å². The monoisotopic (exact) mass is 294 g/mol. The number of hydrogen-bond acceptors (Lipinski definition) is 3. The summed E-state index contributed by atoms with van der Waals surface area (Å²) in [6.07, 6.45) is 1.54. The van der Waals surface area contributed by atoms with Crippen LogP contribution in [-0.4, -0.2) is 22.6 Å². The van der Waals surface area contributed by atoms with Gasteiger partial charge in [-0.1, -0.05) is 25.1 Å². The van der Waals surface area contributed by atoms with Crippen molar-refractivity contribution in [3.05, 3.63) is 47.3 Å². The third kappa shape index (κ3) is 3.82. The topological polar surface area (TPSA) is 69.8 Å². The van der Waals surface area contributed by atoms with Gasteiger partial charge in [0.15, 0.2) is 0 Å². The SMILES string of the molecule is CCNCc1ccccc1NC(=O)c1cn[nH]c1C.Cl. The van der Waals surface area contributed by atoms with Crippen LogP contribution in [0, 0.1) is 6.92 Å². The lowest BCUT2D eigenvalue weighted by Gasteiger charge is -2.11. The van der Waals surface area contributed by atoms with E-state index in [4.69, 9.17) is 0 Å². The molecule has 20 heavy (non-hydrogen) atoms. The number of para-hydroxylation sites is 1. The maximum Gasteiger partial charge on any atom is 0.259 e. The molecule has 0 aliphatic heterocycles. The molecule has 0 fully saturated rings. The molecule has 5 nitrogen and oxygen atoms in total. The molecule has 108 valence electrons. The molecule has 1 amide bonds. The number of aryl methyl sites for hydroxylation is 1. The molecule has 3 N–H and O–H groups in total. The maximum absolute atomic E-state index is 12.1. The number of rotatable bonds is 5. The number of nitrogens with zero attached hydrogens (tertiary/aromatic N) is 1. The van der Waals surface area contributed by atoms with Crippen LogP contribution in [0.4, 0.5) is 5.69 Å². The summed E-state index contributed by atoms with van der Waals surface area (Å²) in [5, 5.41) is 12.8. The van der Waals surface area contributed by atoms with Crippen molar-refractivity contribution in [1.82, 2.24) is 15.5 Å². The van der Waals surface area contributed by atoms with E-state index < -0.39 is 0 Å². The second-order valence-electron chi connectivity index (χ2n) is 4.30. The number of aromatic amines is 1. The average molecular weight is 295 g/mol. The summed E-state index contributed by atoms with van der Waals surface area (Å²) >= 11 is 0. The summed E-state index contributed by atoms with van der Waals surface area (Å²) in [6, 6.07) is 7.78. The van der Waals surface area contributed by atoms with Gasteiger partial charge in [0.25, 0.3) is 5.91 Å². The zero-order chi connectivity index (χ0) is 13.7. The zero-order valence-corrected chi connectivity index (χ0v) is 12.4. The molecule has 2 aromatic rings. The van der Waals surface area contributed by atoms with Gasteiger partial charge in [-0.05, 0) is 25.1 Å². The van der Waals surface area contributed by atoms with Gasteiger partial charge in [-0.3, -0.25) is 9.89 Å². The fraction of sp³-hybridized carbons (Fsp3) is 0.286. The summed E-state index contributed by atoms with van der Waals surface area (Å²) in [4.78, 5) is 12.1. The van der Waals surface area contributed by atoms with Crippen molar-refractivity contribution in [2.24, 2.45) is 0 Å². The van der Waals surface area contributed by atoms with E-state index in [9.17, 15) is 4.79 Å². The van der Waals surface area contributed by atoms with Crippen molar-refractivity contribution in [2.45, 2.75) is 20.4 Å². The lowest BCUT2D eigenvalue weighted by Crippen LogP contribution is -2.17. The molecule has 0 unspecified atom stereocenters. The Morgan fingerprint density at radius 2 is 2.10 bits per heavy atom. The number of halogens is 1. The number of carbonyl (C=O) groups excluding carboxylic acids is 1. The summed E-state index contributed by atoms with van der Waals surface area (Å²) in [6.45, 7) is 5.50. The molecule has 0 aliphatic rings. The first-order valence-corrected chi connectivity index (χ1v) is 6.32. The quantitative estimate of drug-likeness (QED) is 0.793. The van der Waals surface area contributed by atoms with E-state index in [1.165, 1.54) is 6.20 Å². The molecule has 2 rings (SSSR count). The van der Waals surface area contributed by atoms with Gasteiger partial charge < -0.3 is 10.6 Å². The van der Waals surface area contributed by atoms with Gasteiger partial charge in [-0.15, -0.1) is 12.4 Å². The Kier molecular flexibility index (Phi) is 6.21. The Balaban J connectivity index is 0.00000200. The summed E-state index contributed by atoms with van der Waals surface area (Å²) in [5.41, 5.74) is 3.23. The Morgan fingerprint density at radius 3 is 2.75 bits per heavy atom. The summed E-state index contributed by atoms with van der Waals surface area (Å²) < 4.78 is 0. The van der Waals surface area contributed by atoms with Gasteiger partial charge in [-0.25, -0.2) is 0 Å². The van der Waals surface area contributed by atoms with Gasteiger partial charge in [0.1, 0.15) is 0 Å². The van der Waals surface area contributed by atoms with Crippen LogP contribution in [0.2, 0.25) is 0 Å². The predicted octanol–water partition coefficient (Wildman–Crippen LogP) is 2.50. The number of nitrogens with one attached hydrogen (secondary N) is 3. The fourth-order valence-electron chi connectivity index (χ4n) is 1.83. The molecule has 0 atom stereocenters. The van der Waals surface area contributed by atoms with Crippen LogP contribution in [0.25, 0.3) is 0 Å². The van der Waals surface area contributed by atoms with Crippen LogP contribution < -0.4 is 10.6 Å². The van der Waals surface area contributed by atoms with E-state index in [1.807, 2.05) is 31.2 Å². The number of H-pyrrole nitrogens is 1. The van der Waals surface area contributed by atoms with E-state index in [2.05, 4.69) is 27.8 Å². The third-order valence-electron chi connectivity index (χ3n) is 2.91. The highest BCUT2D eigenvalue weighted by Crippen LogP contribution is 2.16. The normalized spacial score (nSPS) is 9.90. The van der Waals surface area contributed by atoms with E-state index in [1.54, 1.807) is 0 Å². The number of benzene rings is 1. The molecule has 6 heteroatoms. The molecule has 0 spiro atoms. The molecule has 0 aliphatic carbocycles. The Labute approximate surface area is 124 Å². The highest BCUT2D eigenvalue weighted by molar-refractivity contribution is 6.05. The van der Waals surface area contributed by atoms with Crippen molar-refractivity contribution in [3.63, 3.8) is 0 Å². The van der Waals surface area contributed by atoms with Crippen LogP contribution in [0.15, 0.2) is 30.5 Å². The second-order valence-corrected chi connectivity index (χ2v) is 4.30. The Morgan fingerprint density at radius 1 is 1.35 bits per heavy atom. The van der Waals surface area contributed by atoms with Gasteiger partial charge in [0, 0.05) is 17.9 Å². The number of amides is 1. The van der Waals surface area contributed by atoms with Crippen LogP contribution in [0.1, 0.15) is 28.5 Å². The lowest BCUT2D eigenvalue weighted by molar-refractivity contribution is 0.102. The Hall–Kier alpha value is -1.85. The van der Waals surface area contributed by atoms with E-state index in [-0.39, 0.29) is 18.3 Å². The smallest absolute Gasteiger partial charge is 0.259 e. The molecule has 0 saturated carbocycles. The largest absolute Gasteiger partial charge is 0.322 e. The van der Waals surface area contributed by atoms with Crippen molar-refractivity contribution < 1.29 is 4.79 Å². The molecular weight excluding hydrogens is 276 g/mol. The Bertz CT molecular complexity index is 568. The minimum atomic E-state index is -0.143. The molecule has 1 heterocycles. The zero-order valence-electron chi connectivity index (χ0n) is 11.6. The minimum Gasteiger partial charge on any atom is -0.322 e. The van der Waals surface area contributed by atoms with Gasteiger partial charge in [0.2, 0.25) is 0 Å². The standard InChI is InChI=1S/C14H18N4O.ClH/c1-3-15-8-11-6-4-5-7-13(11)17-14(19)12-9-16-18-10(12)2;/h4-7,9,15H,3,8H2,1-2H3,(H,16,18)(H,17,19);1H. The average Bonchev–Trinajstić information content (AvgIpc) is 2.84. The number of aromatic nitrogens is 2. The fourth-order valence-corrected chi connectivity index (χ4v) is 1.83. The first kappa shape index (κ1) is 16.2. The maximum atomic E-state index is 12.1. The second kappa shape index (κ2) is 7.67. The lowest BCUT2D eigenvalue weighted by atomic mass is 10.1. The predicted molar refractivity (Wildman–Crippen MR) is 82.3 cm³/mol. The summed E-state index contributed by atoms with van der Waals surface area (Å²) in [5.74, 6) is -0.143. The van der Waals surface area contributed by atoms with Crippen LogP contribution in [0.3, 0.4) is 0 Å². The van der Waals surface area contributed by atoms with Crippen molar-refractivity contribution in [2.75, 3.05) is 11.9 Å². The first-order chi connectivity index (χ1) is 9.22. The third-order valence-corrected chi connectivity index (χ3v) is 2.91. The highest BCUT2D eigenvalue weighted by atomic mass is 35.5. The minimum absolute atomic E-state index is 0. The van der Waals surface area contributed by atoms with Crippen molar-refractivity contribution >= 4 is 24.0 Å². The molecular formula is C14H19ClN4O. The number of hydrogen-bond donors (Lipinski definition) is 3. The molecule has 0 saturated heterocycles. The summed E-state index contributed by atoms with van der Waals surface area (Å²) in [7, 11) is 0. The van der Waals surface area contributed by atoms with Crippen LogP contribution >= 0.6 is 12.4 Å². The molecule has 0 radical (unpaired) electrons. The molecule has 1 aromatic carbocycles. The van der Waals surface area contributed by atoms with Crippen LogP contribution in [0.5, 0.6) is 0 Å². The number of carbonyl (C=O) groups is 1. The van der Waals surface area contributed by atoms with E-state index in [0.717, 1.165) is 30.0 Å². The van der Waals surface area contributed by atoms with Gasteiger partial charge in [-0.2, -0.15) is 5.10 Å².